The summed E-state index contributed by atoms with van der Waals surface area (Å²) >= 11 is 0. The third-order valence-electron chi connectivity index (χ3n) is 14.2. The first-order chi connectivity index (χ1) is 31.5. The summed E-state index contributed by atoms with van der Waals surface area (Å²) in [5.41, 5.74) is 5.24. The predicted octanol–water partition coefficient (Wildman–Crippen LogP) is 8.79. The van der Waals surface area contributed by atoms with Gasteiger partial charge in [-0.1, -0.05) is 79.6 Å². The molecule has 0 bridgehead atoms. The van der Waals surface area contributed by atoms with Crippen molar-refractivity contribution in [2.45, 2.75) is 114 Å². The van der Waals surface area contributed by atoms with E-state index in [-0.39, 0.29) is 48.4 Å². The van der Waals surface area contributed by atoms with Gasteiger partial charge in [-0.15, -0.1) is 0 Å². The molecule has 0 unspecified atom stereocenters. The Hall–Kier alpha value is -5.81. The van der Waals surface area contributed by atoms with Crippen LogP contribution in [-0.2, 0) is 48.9 Å². The average Bonchev–Trinajstić information content (AvgIpc) is 3.83. The minimum absolute atomic E-state index is 0.00676. The van der Waals surface area contributed by atoms with Crippen molar-refractivity contribution >= 4 is 16.6 Å². The summed E-state index contributed by atoms with van der Waals surface area (Å²) in [6.45, 7) is 2.55. The summed E-state index contributed by atoms with van der Waals surface area (Å²) in [4.78, 5) is 20.1. The zero-order valence-corrected chi connectivity index (χ0v) is 37.8. The van der Waals surface area contributed by atoms with Crippen LogP contribution in [0.1, 0.15) is 96.4 Å². The van der Waals surface area contributed by atoms with Gasteiger partial charge >= 0.3 is 0 Å². The number of aliphatic hydroxyl groups excluding tert-OH is 2. The normalized spacial score (nSPS) is 20.2. The number of hydrogen-bond acceptors (Lipinski definition) is 9. The molecule has 65 heavy (non-hydrogen) atoms. The first-order valence-electron chi connectivity index (χ1n) is 23.3. The number of Topliss-reactive ketones (excluding diaryl/α,β-unsaturated/α-hetero) is 1. The van der Waals surface area contributed by atoms with Crippen LogP contribution in [0.5, 0.6) is 28.7 Å². The highest BCUT2D eigenvalue weighted by molar-refractivity contribution is 5.95. The number of carbonyl (C=O) groups excluding carboxylic acids is 1. The molecule has 1 aromatic heterocycles. The Balaban J connectivity index is 1.20. The lowest BCUT2D eigenvalue weighted by molar-refractivity contribution is -0.144. The third kappa shape index (κ3) is 9.62. The number of phenols is 3. The van der Waals surface area contributed by atoms with Crippen LogP contribution >= 0.6 is 0 Å². The fraction of sp³-hybridized carbons (Fsp3) is 0.400. The number of hydrogen-bond donors (Lipinski definition) is 6. The van der Waals surface area contributed by atoms with Gasteiger partial charge in [-0.3, -0.25) is 4.79 Å². The van der Waals surface area contributed by atoms with Crippen LogP contribution in [0.4, 0.5) is 0 Å². The standard InChI is InChI=1S/C55H63N2O8/c1-4-37-15-16-38-10-8-9-13-44(38)46(37)30-47-39(17-20-49(60)53(47)64-3)28-40(24-35-22-23-57-33-35)52(62)45-18-21-51(61)55(54(45)63,41-25-36(32-56-2)26-42(58)29-41)31-34-14-19-48(59)50(27-34)65-43-11-6-5-7-12-43/h8-10,13-17,19-20,22-23,25-27,29,33,40,43,45,51-52,56,58-62H,4-7,11-12,18,21,24,28,30-32H2,1-3H3/q-1/t40-,45+,51-,52-,55-/m0/s1. The van der Waals surface area contributed by atoms with Crippen LogP contribution < -0.4 is 19.8 Å². The number of methoxy groups -OCH3 is 1. The van der Waals surface area contributed by atoms with Crippen LogP contribution in [0.15, 0.2) is 103 Å². The molecule has 1 heterocycles. The zero-order valence-electron chi connectivity index (χ0n) is 37.8. The molecule has 2 aliphatic rings. The van der Waals surface area contributed by atoms with Gasteiger partial charge in [-0.25, -0.2) is 0 Å². The van der Waals surface area contributed by atoms with Crippen molar-refractivity contribution < 1.29 is 39.8 Å². The molecule has 6 N–H and O–H groups in total. The Bertz CT molecular complexity index is 2580. The van der Waals surface area contributed by atoms with E-state index in [1.807, 2.05) is 30.3 Å². The van der Waals surface area contributed by atoms with Crippen molar-refractivity contribution in [1.29, 1.82) is 0 Å². The quantitative estimate of drug-likeness (QED) is 0.0522. The maximum atomic E-state index is 15.8. The average molecular weight is 880 g/mol. The zero-order chi connectivity index (χ0) is 45.7. The summed E-state index contributed by atoms with van der Waals surface area (Å²) < 4.78 is 12.3. The number of rotatable bonds is 17. The van der Waals surface area contributed by atoms with E-state index >= 15 is 4.79 Å². The summed E-state index contributed by atoms with van der Waals surface area (Å²) in [5.74, 6) is -1.01. The lowest BCUT2D eigenvalue weighted by atomic mass is 9.58. The lowest BCUT2D eigenvalue weighted by Gasteiger charge is -2.46. The van der Waals surface area contributed by atoms with Crippen LogP contribution in [0.25, 0.3) is 10.8 Å². The van der Waals surface area contributed by atoms with Gasteiger partial charge in [0, 0.05) is 24.4 Å². The van der Waals surface area contributed by atoms with Gasteiger partial charge in [0.25, 0.3) is 0 Å². The molecule has 2 saturated carbocycles. The Morgan fingerprint density at radius 2 is 1.60 bits per heavy atom. The molecule has 0 saturated heterocycles. The smallest absolute Gasteiger partial charge is 0.164 e. The number of nitrogens with one attached hydrogen (secondary N) is 1. The van der Waals surface area contributed by atoms with Crippen molar-refractivity contribution in [3.8, 4) is 28.7 Å². The van der Waals surface area contributed by atoms with Crippen molar-refractivity contribution in [3.63, 3.8) is 0 Å². The first-order valence-corrected chi connectivity index (χ1v) is 23.3. The second-order valence-electron chi connectivity index (χ2n) is 18.3. The number of benzene rings is 5. The highest BCUT2D eigenvalue weighted by atomic mass is 16.5. The Labute approximate surface area is 382 Å². The summed E-state index contributed by atoms with van der Waals surface area (Å²) in [5, 5.41) is 64.0. The number of aliphatic hydroxyl groups is 2. The van der Waals surface area contributed by atoms with Gasteiger partial charge in [-0.05, 0) is 152 Å². The molecule has 2 aliphatic carbocycles. The van der Waals surface area contributed by atoms with Crippen LogP contribution in [-0.4, -0.2) is 63.8 Å². The van der Waals surface area contributed by atoms with E-state index in [9.17, 15) is 25.5 Å². The topological polar surface area (TPSA) is 163 Å². The number of nitrogens with zero attached hydrogens (tertiary/aromatic N) is 1. The number of ketones is 1. The molecule has 0 aliphatic heterocycles. The number of carbonyl (C=O) groups is 1. The van der Waals surface area contributed by atoms with Gasteiger partial charge in [-0.2, -0.15) is 12.4 Å². The molecule has 0 amide bonds. The summed E-state index contributed by atoms with van der Waals surface area (Å²) in [6, 6.07) is 28.2. The maximum absolute atomic E-state index is 15.8. The van der Waals surface area contributed by atoms with E-state index < -0.39 is 29.5 Å². The highest BCUT2D eigenvalue weighted by Gasteiger charge is 2.54. The number of fused-ring (bicyclic) bond motifs is 1. The fourth-order valence-electron chi connectivity index (χ4n) is 10.9. The van der Waals surface area contributed by atoms with Crippen molar-refractivity contribution in [2.75, 3.05) is 14.2 Å². The number of phenolic OH excluding ortho intramolecular Hbond substituents is 3. The highest BCUT2D eigenvalue weighted by Crippen LogP contribution is 2.47. The van der Waals surface area contributed by atoms with E-state index in [1.54, 1.807) is 62.9 Å². The number of aromatic nitrogens is 1. The van der Waals surface area contributed by atoms with Crippen molar-refractivity contribution in [3.05, 3.63) is 148 Å². The second kappa shape index (κ2) is 20.1. The molecule has 10 heteroatoms. The Morgan fingerprint density at radius 1 is 0.815 bits per heavy atom. The van der Waals surface area contributed by atoms with Crippen LogP contribution in [0.3, 0.4) is 0 Å². The van der Waals surface area contributed by atoms with E-state index in [2.05, 4.69) is 41.5 Å². The van der Waals surface area contributed by atoms with E-state index in [0.29, 0.717) is 48.4 Å². The van der Waals surface area contributed by atoms with Crippen molar-refractivity contribution in [1.82, 2.24) is 10.3 Å². The van der Waals surface area contributed by atoms with E-state index in [0.717, 1.165) is 77.1 Å². The van der Waals surface area contributed by atoms with Gasteiger partial charge in [0.05, 0.1) is 30.8 Å². The molecule has 2 fully saturated rings. The third-order valence-corrected chi connectivity index (χ3v) is 14.2. The van der Waals surface area contributed by atoms with Gasteiger partial charge in [0.1, 0.15) is 5.75 Å². The fourth-order valence-corrected chi connectivity index (χ4v) is 10.9. The molecule has 5 aromatic carbocycles. The Kier molecular flexibility index (Phi) is 14.2. The first kappa shape index (κ1) is 45.7. The van der Waals surface area contributed by atoms with Crippen LogP contribution in [0.2, 0.25) is 0 Å². The summed E-state index contributed by atoms with van der Waals surface area (Å²) in [7, 11) is 3.36. The van der Waals surface area contributed by atoms with Gasteiger partial charge < -0.3 is 45.3 Å². The second-order valence-corrected chi connectivity index (χ2v) is 18.3. The molecule has 5 atom stereocenters. The minimum atomic E-state index is -1.57. The molecule has 8 rings (SSSR count). The number of aryl methyl sites for hydroxylation is 1. The van der Waals surface area contributed by atoms with E-state index in [4.69, 9.17) is 9.47 Å². The molecule has 342 valence electrons. The van der Waals surface area contributed by atoms with Gasteiger partial charge in [0.2, 0.25) is 0 Å². The SMILES string of the molecule is CCc1ccc2ccccc2c1Cc1c(C[C@H](Cc2cc[n-]c2)[C@H](O)[C@H]2CC[C@H](O)[C@](Cc3ccc(O)c(OC4CCCCC4)c3)(c3cc(O)cc(CNC)c3)C2=O)ccc(O)c1OC. The number of ether oxygens (including phenoxy) is 2. The number of aromatic hydroxyl groups is 3. The lowest BCUT2D eigenvalue weighted by Crippen LogP contribution is -2.57. The molecule has 0 radical (unpaired) electrons. The van der Waals surface area contributed by atoms with Crippen molar-refractivity contribution in [2.24, 2.45) is 11.8 Å². The molecular formula is C55H63N2O8-. The summed E-state index contributed by atoms with van der Waals surface area (Å²) in [6.07, 6.45) is 8.77. The minimum Gasteiger partial charge on any atom is -0.670 e. The monoisotopic (exact) mass is 879 g/mol. The van der Waals surface area contributed by atoms with Gasteiger partial charge in [0.15, 0.2) is 28.8 Å². The van der Waals surface area contributed by atoms with E-state index in [1.165, 1.54) is 5.56 Å². The largest absolute Gasteiger partial charge is 0.670 e. The molecule has 10 nitrogen and oxygen atoms in total. The Morgan fingerprint density at radius 3 is 2.35 bits per heavy atom. The molecular weight excluding hydrogens is 817 g/mol. The molecule has 6 aromatic rings. The predicted molar refractivity (Wildman–Crippen MR) is 253 cm³/mol. The molecule has 0 spiro atoms. The van der Waals surface area contributed by atoms with Crippen LogP contribution in [0, 0.1) is 11.8 Å². The maximum Gasteiger partial charge on any atom is 0.164 e.